The van der Waals surface area contributed by atoms with Crippen LogP contribution in [0.15, 0.2) is 111 Å². The van der Waals surface area contributed by atoms with Crippen molar-refractivity contribution in [2.45, 2.75) is 26.7 Å². The molecule has 1 heterocycles. The molecular weight excluding hydrogens is 464 g/mol. The number of rotatable bonds is 3. The summed E-state index contributed by atoms with van der Waals surface area (Å²) in [6.45, 7) is 4.38. The summed E-state index contributed by atoms with van der Waals surface area (Å²) in [6.07, 6.45) is 21.8. The van der Waals surface area contributed by atoms with Crippen molar-refractivity contribution >= 4 is 30.5 Å². The van der Waals surface area contributed by atoms with E-state index in [0.29, 0.717) is 0 Å². The number of allylic oxidation sites excluding steroid dienone is 13. The van der Waals surface area contributed by atoms with Crippen LogP contribution in [0.1, 0.15) is 26.7 Å². The van der Waals surface area contributed by atoms with E-state index in [4.69, 9.17) is 0 Å². The van der Waals surface area contributed by atoms with Crippen molar-refractivity contribution in [2.75, 3.05) is 4.90 Å². The quantitative estimate of drug-likeness (QED) is 0.428. The number of benzene rings is 1. The predicted octanol–water partition coefficient (Wildman–Crippen LogP) is 7.35. The van der Waals surface area contributed by atoms with Crippen molar-refractivity contribution < 1.29 is 24.7 Å². The molecule has 1 aliphatic heterocycles. The van der Waals surface area contributed by atoms with E-state index in [1.807, 2.05) is 0 Å². The SMILES string of the molecule is CCC1=CC=C(CC)N(c2ccccc2)C=C1.Cl.Cl.[Zr][C]1=CC=C2C=CC=C12. The fourth-order valence-corrected chi connectivity index (χ4v) is 3.82. The Morgan fingerprint density at radius 2 is 1.57 bits per heavy atom. The van der Waals surface area contributed by atoms with Gasteiger partial charge >= 0.3 is 69.5 Å². The molecule has 3 aliphatic rings. The summed E-state index contributed by atoms with van der Waals surface area (Å²) in [5, 5.41) is 0. The van der Waals surface area contributed by atoms with Gasteiger partial charge in [-0.1, -0.05) is 38.1 Å². The first kappa shape index (κ1) is 24.7. The molecule has 1 aromatic carbocycles. The summed E-state index contributed by atoms with van der Waals surface area (Å²) in [5.41, 5.74) is 6.75. The summed E-state index contributed by atoms with van der Waals surface area (Å²) in [6, 6.07) is 10.5. The Kier molecular flexibility index (Phi) is 10.8. The van der Waals surface area contributed by atoms with Crippen LogP contribution < -0.4 is 4.90 Å². The number of hydrogen-bond acceptors (Lipinski definition) is 1. The van der Waals surface area contributed by atoms with E-state index in [1.165, 1.54) is 56.1 Å². The van der Waals surface area contributed by atoms with Gasteiger partial charge in [0, 0.05) is 17.6 Å². The van der Waals surface area contributed by atoms with E-state index in [9.17, 15) is 0 Å². The van der Waals surface area contributed by atoms with Gasteiger partial charge in [-0.15, -0.1) is 24.8 Å². The summed E-state index contributed by atoms with van der Waals surface area (Å²) < 4.78 is 1.47. The molecule has 28 heavy (non-hydrogen) atoms. The van der Waals surface area contributed by atoms with Gasteiger partial charge in [-0.2, -0.15) is 0 Å². The van der Waals surface area contributed by atoms with Crippen molar-refractivity contribution in [3.8, 4) is 0 Å². The Morgan fingerprint density at radius 1 is 0.821 bits per heavy atom. The predicted molar refractivity (Wildman–Crippen MR) is 123 cm³/mol. The molecule has 0 aromatic heterocycles. The zero-order valence-electron chi connectivity index (χ0n) is 16.3. The first-order valence-corrected chi connectivity index (χ1v) is 10.4. The van der Waals surface area contributed by atoms with Gasteiger partial charge in [0.2, 0.25) is 0 Å². The average Bonchev–Trinajstić information content (AvgIpc) is 3.22. The molecule has 1 aromatic rings. The molecule has 0 saturated carbocycles. The van der Waals surface area contributed by atoms with Crippen LogP contribution in [0.3, 0.4) is 0 Å². The summed E-state index contributed by atoms with van der Waals surface area (Å²) in [7, 11) is 0. The van der Waals surface area contributed by atoms with Crippen LogP contribution in [0, 0.1) is 0 Å². The number of para-hydroxylation sites is 1. The summed E-state index contributed by atoms with van der Waals surface area (Å²) >= 11 is 1.51. The van der Waals surface area contributed by atoms with E-state index < -0.39 is 0 Å². The van der Waals surface area contributed by atoms with Gasteiger partial charge in [0.05, 0.1) is 0 Å². The summed E-state index contributed by atoms with van der Waals surface area (Å²) in [4.78, 5) is 2.26. The van der Waals surface area contributed by atoms with Crippen molar-refractivity contribution in [3.05, 3.63) is 111 Å². The average molecular weight is 491 g/mol. The van der Waals surface area contributed by atoms with E-state index in [-0.39, 0.29) is 24.8 Å². The molecule has 0 fully saturated rings. The third-order valence-electron chi connectivity index (χ3n) is 4.61. The molecule has 145 valence electrons. The molecule has 4 heteroatoms. The molecule has 0 unspecified atom stereocenters. The number of halogens is 2. The summed E-state index contributed by atoms with van der Waals surface area (Å²) in [5.74, 6) is 0. The van der Waals surface area contributed by atoms with E-state index in [0.717, 1.165) is 12.8 Å². The Labute approximate surface area is 196 Å². The Hall–Kier alpha value is -1.34. The first-order chi connectivity index (χ1) is 12.7. The number of hydrogen-bond donors (Lipinski definition) is 0. The standard InChI is InChI=1S/C16H19N.C8H5.2ClH.Zr/c1-3-14-10-11-15(4-2)17(13-12-14)16-8-6-5-7-9-16;1-3-7-5-2-6-8(7)4-1;;;/h5-13H,3-4H2,1-2H3;1-5H;2*1H;. The van der Waals surface area contributed by atoms with Crippen LogP contribution in [0.5, 0.6) is 0 Å². The van der Waals surface area contributed by atoms with Crippen LogP contribution in [0.25, 0.3) is 0 Å². The molecule has 2 aliphatic carbocycles. The molecule has 0 N–H and O–H groups in total. The Bertz CT molecular complexity index is 871. The third-order valence-corrected chi connectivity index (χ3v) is 5.68. The number of fused-ring (bicyclic) bond motifs is 1. The van der Waals surface area contributed by atoms with Crippen molar-refractivity contribution in [1.29, 1.82) is 0 Å². The van der Waals surface area contributed by atoms with Gasteiger partial charge in [-0.3, -0.25) is 0 Å². The van der Waals surface area contributed by atoms with Crippen LogP contribution in [-0.2, 0) is 24.7 Å². The molecule has 4 rings (SSSR count). The minimum atomic E-state index is 0. The van der Waals surface area contributed by atoms with Crippen LogP contribution in [0.2, 0.25) is 0 Å². The van der Waals surface area contributed by atoms with Crippen molar-refractivity contribution in [2.24, 2.45) is 0 Å². The zero-order chi connectivity index (χ0) is 18.4. The molecule has 0 spiro atoms. The zero-order valence-corrected chi connectivity index (χ0v) is 20.4. The number of anilines is 1. The van der Waals surface area contributed by atoms with E-state index in [1.54, 1.807) is 0 Å². The van der Waals surface area contributed by atoms with Gasteiger partial charge < -0.3 is 4.90 Å². The molecular formula is C24H26Cl2NZr. The second-order valence-electron chi connectivity index (χ2n) is 6.27. The maximum atomic E-state index is 2.26. The molecule has 1 nitrogen and oxygen atoms in total. The van der Waals surface area contributed by atoms with E-state index in [2.05, 4.69) is 104 Å². The molecule has 0 saturated heterocycles. The third kappa shape index (κ3) is 6.08. The van der Waals surface area contributed by atoms with Crippen molar-refractivity contribution in [3.63, 3.8) is 0 Å². The van der Waals surface area contributed by atoms with Crippen LogP contribution >= 0.6 is 24.8 Å². The normalized spacial score (nSPS) is 16.0. The maximum absolute atomic E-state index is 2.26. The monoisotopic (exact) mass is 488 g/mol. The second kappa shape index (κ2) is 12.3. The van der Waals surface area contributed by atoms with Crippen LogP contribution in [0.4, 0.5) is 5.69 Å². The van der Waals surface area contributed by atoms with Gasteiger partial charge in [0.1, 0.15) is 0 Å². The molecule has 0 amide bonds. The topological polar surface area (TPSA) is 3.24 Å². The molecule has 0 bridgehead atoms. The number of nitrogens with zero attached hydrogens (tertiary/aromatic N) is 1. The second-order valence-corrected chi connectivity index (χ2v) is 7.59. The van der Waals surface area contributed by atoms with E-state index >= 15 is 0 Å². The van der Waals surface area contributed by atoms with Crippen molar-refractivity contribution in [1.82, 2.24) is 0 Å². The Balaban J connectivity index is 0.000000303. The first-order valence-electron chi connectivity index (χ1n) is 9.17. The Morgan fingerprint density at radius 3 is 2.21 bits per heavy atom. The minimum absolute atomic E-state index is 0. The fraction of sp³-hybridized carbons (Fsp3) is 0.167. The van der Waals surface area contributed by atoms with Gasteiger partial charge in [0.15, 0.2) is 0 Å². The molecule has 0 atom stereocenters. The van der Waals surface area contributed by atoms with Gasteiger partial charge in [-0.05, 0) is 42.7 Å². The van der Waals surface area contributed by atoms with Gasteiger partial charge in [-0.25, -0.2) is 0 Å². The molecule has 0 radical (unpaired) electrons. The van der Waals surface area contributed by atoms with Gasteiger partial charge in [0.25, 0.3) is 0 Å². The fourth-order valence-electron chi connectivity index (χ4n) is 3.06. The van der Waals surface area contributed by atoms with Crippen LogP contribution in [-0.4, -0.2) is 0 Å².